The maximum absolute atomic E-state index is 5.56. The summed E-state index contributed by atoms with van der Waals surface area (Å²) in [6.45, 7) is 0. The van der Waals surface area contributed by atoms with Gasteiger partial charge in [-0.3, -0.25) is 0 Å². The number of nitrogens with one attached hydrogen (secondary N) is 1. The van der Waals surface area contributed by atoms with E-state index in [1.807, 2.05) is 38.3 Å². The van der Waals surface area contributed by atoms with E-state index < -0.39 is 0 Å². The molecule has 0 spiro atoms. The predicted octanol–water partition coefficient (Wildman–Crippen LogP) is 1.52. The number of rotatable bonds is 4. The maximum Gasteiger partial charge on any atom is 0.284 e. The molecule has 82 valence electrons. The van der Waals surface area contributed by atoms with Crippen LogP contribution in [0.5, 0.6) is 5.95 Å². The molecule has 1 N–H and O–H groups in total. The zero-order chi connectivity index (χ0) is 11.4. The molecule has 16 heavy (non-hydrogen) atoms. The van der Waals surface area contributed by atoms with Crippen molar-refractivity contribution in [3.8, 4) is 5.95 Å². The molecule has 0 aliphatic rings. The minimum absolute atomic E-state index is 0.0603. The molecule has 0 aliphatic heterocycles. The lowest BCUT2D eigenvalue weighted by molar-refractivity contribution is 0.290. The molecule has 1 atom stereocenters. The second kappa shape index (κ2) is 4.90. The molecular weight excluding hydrogens is 201 g/mol. The molecule has 2 aromatic rings. The summed E-state index contributed by atoms with van der Waals surface area (Å²) in [5.74, 6) is 1.39. The smallest absolute Gasteiger partial charge is 0.284 e. The van der Waals surface area contributed by atoms with Gasteiger partial charge in [-0.1, -0.05) is 30.3 Å². The SMILES string of the molecule is BN[C@@H](c1ccccc1)c1ccc(OC)o1. The predicted molar refractivity (Wildman–Crippen MR) is 65.2 cm³/mol. The molecule has 0 amide bonds. The summed E-state index contributed by atoms with van der Waals surface area (Å²) in [5.41, 5.74) is 1.17. The van der Waals surface area contributed by atoms with Crippen molar-refractivity contribution in [1.29, 1.82) is 0 Å². The summed E-state index contributed by atoms with van der Waals surface area (Å²) in [5, 5.41) is 3.22. The number of methoxy groups -OCH3 is 1. The van der Waals surface area contributed by atoms with Gasteiger partial charge in [0.05, 0.1) is 13.2 Å². The topological polar surface area (TPSA) is 34.4 Å². The Balaban J connectivity index is 2.29. The van der Waals surface area contributed by atoms with Crippen LogP contribution >= 0.6 is 0 Å². The Bertz CT molecular complexity index is 441. The number of furan rings is 1. The molecule has 1 heterocycles. The summed E-state index contributed by atoms with van der Waals surface area (Å²) < 4.78 is 10.6. The first kappa shape index (κ1) is 10.8. The van der Waals surface area contributed by atoms with E-state index in [0.717, 1.165) is 5.76 Å². The average Bonchev–Trinajstić information content (AvgIpc) is 2.80. The zero-order valence-electron chi connectivity index (χ0n) is 9.44. The van der Waals surface area contributed by atoms with Crippen LogP contribution in [-0.2, 0) is 0 Å². The molecule has 2 rings (SSSR count). The Morgan fingerprint density at radius 3 is 2.50 bits per heavy atom. The van der Waals surface area contributed by atoms with Crippen molar-refractivity contribution in [2.24, 2.45) is 0 Å². The number of hydrogen-bond donors (Lipinski definition) is 1. The lowest BCUT2D eigenvalue weighted by Gasteiger charge is -2.13. The molecule has 0 bridgehead atoms. The Hall–Kier alpha value is -1.68. The molecule has 1 aromatic carbocycles. The van der Waals surface area contributed by atoms with Crippen LogP contribution < -0.4 is 9.96 Å². The molecule has 0 fully saturated rings. The van der Waals surface area contributed by atoms with Gasteiger partial charge in [0.2, 0.25) is 0 Å². The van der Waals surface area contributed by atoms with Gasteiger partial charge in [0.1, 0.15) is 5.76 Å². The third-order valence-electron chi connectivity index (χ3n) is 2.51. The first-order valence-corrected chi connectivity index (χ1v) is 5.21. The molecule has 4 heteroatoms. The Kier molecular flexibility index (Phi) is 3.32. The van der Waals surface area contributed by atoms with E-state index in [4.69, 9.17) is 9.15 Å². The van der Waals surface area contributed by atoms with Gasteiger partial charge < -0.3 is 14.4 Å². The van der Waals surface area contributed by atoms with Gasteiger partial charge in [-0.05, 0) is 11.6 Å². The van der Waals surface area contributed by atoms with Gasteiger partial charge in [0, 0.05) is 6.07 Å². The highest BCUT2D eigenvalue weighted by Crippen LogP contribution is 2.26. The monoisotopic (exact) mass is 215 g/mol. The van der Waals surface area contributed by atoms with Crippen LogP contribution in [0.1, 0.15) is 17.4 Å². The van der Waals surface area contributed by atoms with Crippen molar-refractivity contribution in [2.45, 2.75) is 6.04 Å². The second-order valence-electron chi connectivity index (χ2n) is 3.49. The average molecular weight is 215 g/mol. The maximum atomic E-state index is 5.56. The normalized spacial score (nSPS) is 12.3. The third-order valence-corrected chi connectivity index (χ3v) is 2.51. The van der Waals surface area contributed by atoms with Crippen molar-refractivity contribution in [1.82, 2.24) is 5.23 Å². The van der Waals surface area contributed by atoms with Crippen LogP contribution in [0.25, 0.3) is 0 Å². The lowest BCUT2D eigenvalue weighted by Crippen LogP contribution is -2.18. The quantitative estimate of drug-likeness (QED) is 0.785. The van der Waals surface area contributed by atoms with Crippen LogP contribution in [0.4, 0.5) is 0 Å². The molecular formula is C12H14BNO2. The fraction of sp³-hybridized carbons (Fsp3) is 0.167. The van der Waals surface area contributed by atoms with Crippen molar-refractivity contribution in [2.75, 3.05) is 7.11 Å². The van der Waals surface area contributed by atoms with Crippen LogP contribution in [0, 0.1) is 0 Å². The fourth-order valence-corrected chi connectivity index (χ4v) is 1.72. The minimum Gasteiger partial charge on any atom is -0.468 e. The summed E-state index contributed by atoms with van der Waals surface area (Å²) in [7, 11) is 3.51. The van der Waals surface area contributed by atoms with Crippen molar-refractivity contribution in [3.63, 3.8) is 0 Å². The zero-order valence-corrected chi connectivity index (χ0v) is 9.44. The molecule has 0 saturated carbocycles. The Morgan fingerprint density at radius 1 is 1.19 bits per heavy atom. The summed E-state index contributed by atoms with van der Waals surface area (Å²) in [6.07, 6.45) is 0. The highest BCUT2D eigenvalue weighted by atomic mass is 16.6. The van der Waals surface area contributed by atoms with Gasteiger partial charge in [-0.25, -0.2) is 0 Å². The van der Waals surface area contributed by atoms with Gasteiger partial charge in [-0.15, -0.1) is 0 Å². The first-order valence-electron chi connectivity index (χ1n) is 5.21. The van der Waals surface area contributed by atoms with Crippen molar-refractivity contribution >= 4 is 7.98 Å². The first-order chi connectivity index (χ1) is 7.85. The lowest BCUT2D eigenvalue weighted by atomic mass is 10.0. The Morgan fingerprint density at radius 2 is 1.94 bits per heavy atom. The van der Waals surface area contributed by atoms with Crippen LogP contribution in [-0.4, -0.2) is 15.1 Å². The van der Waals surface area contributed by atoms with E-state index in [-0.39, 0.29) is 6.04 Å². The van der Waals surface area contributed by atoms with Crippen LogP contribution in [0.2, 0.25) is 0 Å². The van der Waals surface area contributed by atoms with Crippen LogP contribution in [0.15, 0.2) is 46.9 Å². The van der Waals surface area contributed by atoms with E-state index in [1.165, 1.54) is 5.56 Å². The van der Waals surface area contributed by atoms with Gasteiger partial charge in [0.25, 0.3) is 5.95 Å². The summed E-state index contributed by atoms with van der Waals surface area (Å²) >= 11 is 0. The summed E-state index contributed by atoms with van der Waals surface area (Å²) in [4.78, 5) is 0. The van der Waals surface area contributed by atoms with Crippen molar-refractivity contribution < 1.29 is 9.15 Å². The highest BCUT2D eigenvalue weighted by molar-refractivity contribution is 6.04. The molecule has 3 nitrogen and oxygen atoms in total. The molecule has 0 unspecified atom stereocenters. The van der Waals surface area contributed by atoms with E-state index in [0.29, 0.717) is 5.95 Å². The van der Waals surface area contributed by atoms with E-state index in [2.05, 4.69) is 17.4 Å². The number of ether oxygens (including phenoxy) is 1. The van der Waals surface area contributed by atoms with Crippen molar-refractivity contribution in [3.05, 3.63) is 53.8 Å². The van der Waals surface area contributed by atoms with Crippen LogP contribution in [0.3, 0.4) is 0 Å². The largest absolute Gasteiger partial charge is 0.468 e. The molecule has 0 aliphatic carbocycles. The van der Waals surface area contributed by atoms with E-state index >= 15 is 0 Å². The number of benzene rings is 1. The fourth-order valence-electron chi connectivity index (χ4n) is 1.72. The standard InChI is InChI=1S/C12H14BNO2/c1-15-11-8-7-10(16-11)12(14-13)9-5-3-2-4-6-9/h2-8,12,14H,13H2,1H3/t12-/m0/s1. The van der Waals surface area contributed by atoms with E-state index in [9.17, 15) is 0 Å². The number of hydrogen-bond acceptors (Lipinski definition) is 3. The Labute approximate surface area is 95.9 Å². The van der Waals surface area contributed by atoms with Gasteiger partial charge in [-0.2, -0.15) is 0 Å². The highest BCUT2D eigenvalue weighted by Gasteiger charge is 2.15. The molecule has 0 radical (unpaired) electrons. The minimum atomic E-state index is 0.0603. The molecule has 1 aromatic heterocycles. The van der Waals surface area contributed by atoms with Gasteiger partial charge in [0.15, 0.2) is 7.98 Å². The van der Waals surface area contributed by atoms with E-state index in [1.54, 1.807) is 7.11 Å². The van der Waals surface area contributed by atoms with Gasteiger partial charge >= 0.3 is 0 Å². The summed E-state index contributed by atoms with van der Waals surface area (Å²) in [6, 6.07) is 14.0. The molecule has 0 saturated heterocycles. The second-order valence-corrected chi connectivity index (χ2v) is 3.49. The third kappa shape index (κ3) is 2.12.